The number of carbonyl (C=O) groups is 1. The summed E-state index contributed by atoms with van der Waals surface area (Å²) in [5.74, 6) is 0.0268. The number of aryl methyl sites for hydroxylation is 1. The third kappa shape index (κ3) is 2.52. The molecule has 0 spiro atoms. The van der Waals surface area contributed by atoms with Crippen LogP contribution in [0.25, 0.3) is 21.8 Å². The van der Waals surface area contributed by atoms with Crippen LogP contribution in [0, 0.1) is 0 Å². The van der Waals surface area contributed by atoms with Gasteiger partial charge in [0.1, 0.15) is 11.6 Å². The molecule has 6 heteroatoms. The second-order valence-corrected chi connectivity index (χ2v) is 7.52. The molecule has 0 bridgehead atoms. The second kappa shape index (κ2) is 6.58. The van der Waals surface area contributed by atoms with Crippen molar-refractivity contribution in [3.63, 3.8) is 0 Å². The Morgan fingerprint density at radius 1 is 1.10 bits per heavy atom. The Bertz CT molecular complexity index is 1320. The number of aromatic nitrogens is 3. The van der Waals surface area contributed by atoms with Crippen molar-refractivity contribution in [1.82, 2.24) is 14.3 Å². The van der Waals surface area contributed by atoms with Crippen LogP contribution in [0.15, 0.2) is 59.5 Å². The van der Waals surface area contributed by atoms with Crippen molar-refractivity contribution < 1.29 is 4.79 Å². The monoisotopic (exact) mass is 386 g/mol. The summed E-state index contributed by atoms with van der Waals surface area (Å²) in [6.45, 7) is 2.67. The number of hydrogen-bond acceptors (Lipinski definition) is 3. The van der Waals surface area contributed by atoms with Crippen molar-refractivity contribution in [3.8, 4) is 0 Å². The number of carbonyl (C=O) groups excluding carboxylic acids is 1. The number of benzene rings is 2. The molecule has 5 rings (SSSR count). The van der Waals surface area contributed by atoms with E-state index in [1.54, 1.807) is 13.2 Å². The van der Waals surface area contributed by atoms with E-state index < -0.39 is 6.04 Å². The quantitative estimate of drug-likeness (QED) is 0.542. The van der Waals surface area contributed by atoms with Crippen LogP contribution in [0.4, 0.5) is 5.69 Å². The zero-order valence-electron chi connectivity index (χ0n) is 16.5. The summed E-state index contributed by atoms with van der Waals surface area (Å²) in [4.78, 5) is 28.6. The summed E-state index contributed by atoms with van der Waals surface area (Å²) < 4.78 is 3.26. The van der Waals surface area contributed by atoms with Crippen molar-refractivity contribution >= 4 is 33.4 Å². The molecule has 0 fully saturated rings. The first kappa shape index (κ1) is 17.7. The van der Waals surface area contributed by atoms with Crippen LogP contribution < -0.4 is 10.5 Å². The maximum Gasteiger partial charge on any atom is 0.291 e. The Balaban J connectivity index is 1.74. The topological polar surface area (TPSA) is 60.1 Å². The van der Waals surface area contributed by atoms with Gasteiger partial charge in [0.2, 0.25) is 5.91 Å². The molecule has 1 amide bonds. The van der Waals surface area contributed by atoms with Gasteiger partial charge in [-0.1, -0.05) is 43.3 Å². The van der Waals surface area contributed by atoms with E-state index in [0.29, 0.717) is 18.5 Å². The van der Waals surface area contributed by atoms with Gasteiger partial charge in [0.25, 0.3) is 5.56 Å². The predicted octanol–water partition coefficient (Wildman–Crippen LogP) is 3.43. The molecule has 4 aromatic rings. The molecular formula is C23H22N4O2. The Kier molecular flexibility index (Phi) is 4.01. The van der Waals surface area contributed by atoms with Crippen molar-refractivity contribution in [2.24, 2.45) is 7.05 Å². The van der Waals surface area contributed by atoms with Crippen LogP contribution in [0.3, 0.4) is 0 Å². The van der Waals surface area contributed by atoms with E-state index in [1.807, 2.05) is 58.9 Å². The average Bonchev–Trinajstić information content (AvgIpc) is 3.32. The number of rotatable bonds is 3. The van der Waals surface area contributed by atoms with Crippen molar-refractivity contribution in [1.29, 1.82) is 0 Å². The van der Waals surface area contributed by atoms with Crippen LogP contribution in [-0.4, -0.2) is 26.8 Å². The van der Waals surface area contributed by atoms with Crippen molar-refractivity contribution in [3.05, 3.63) is 70.6 Å². The summed E-state index contributed by atoms with van der Waals surface area (Å²) in [7, 11) is 1.64. The molecule has 0 radical (unpaired) electrons. The minimum absolute atomic E-state index is 0.0268. The van der Waals surface area contributed by atoms with Crippen LogP contribution in [0.1, 0.15) is 24.9 Å². The predicted molar refractivity (Wildman–Crippen MR) is 114 cm³/mol. The fraction of sp³-hybridized carbons (Fsp3) is 0.261. The van der Waals surface area contributed by atoms with E-state index >= 15 is 0 Å². The van der Waals surface area contributed by atoms with E-state index in [1.165, 1.54) is 10.2 Å². The average molecular weight is 386 g/mol. The van der Waals surface area contributed by atoms with Gasteiger partial charge in [0.05, 0.1) is 11.7 Å². The zero-order chi connectivity index (χ0) is 20.1. The smallest absolute Gasteiger partial charge is 0.291 e. The van der Waals surface area contributed by atoms with Gasteiger partial charge in [-0.25, -0.2) is 4.68 Å². The third-order valence-corrected chi connectivity index (χ3v) is 5.94. The molecule has 1 atom stereocenters. The van der Waals surface area contributed by atoms with Gasteiger partial charge in [0.15, 0.2) is 0 Å². The molecule has 2 aromatic heterocycles. The minimum Gasteiger partial charge on any atom is -0.323 e. The lowest BCUT2D eigenvalue weighted by molar-refractivity contribution is -0.121. The van der Waals surface area contributed by atoms with Gasteiger partial charge < -0.3 is 9.47 Å². The molecule has 0 saturated heterocycles. The first-order valence-corrected chi connectivity index (χ1v) is 9.96. The molecule has 146 valence electrons. The van der Waals surface area contributed by atoms with E-state index in [-0.39, 0.29) is 11.5 Å². The van der Waals surface area contributed by atoms with Gasteiger partial charge in [-0.05, 0) is 30.5 Å². The third-order valence-electron chi connectivity index (χ3n) is 5.94. The Morgan fingerprint density at radius 3 is 2.69 bits per heavy atom. The van der Waals surface area contributed by atoms with Gasteiger partial charge in [-0.3, -0.25) is 9.59 Å². The highest BCUT2D eigenvalue weighted by atomic mass is 16.2. The maximum absolute atomic E-state index is 13.7. The Labute approximate surface area is 168 Å². The number of nitrogens with zero attached hydrogens (tertiary/aromatic N) is 4. The Hall–Kier alpha value is -3.41. The van der Waals surface area contributed by atoms with E-state index in [2.05, 4.69) is 11.2 Å². The molecule has 0 unspecified atom stereocenters. The fourth-order valence-electron chi connectivity index (χ4n) is 4.53. The van der Waals surface area contributed by atoms with Crippen LogP contribution >= 0.6 is 0 Å². The van der Waals surface area contributed by atoms with Gasteiger partial charge in [-0.2, -0.15) is 5.10 Å². The highest BCUT2D eigenvalue weighted by molar-refractivity contribution is 6.09. The highest BCUT2D eigenvalue weighted by Gasteiger charge is 2.32. The van der Waals surface area contributed by atoms with Gasteiger partial charge in [-0.15, -0.1) is 0 Å². The van der Waals surface area contributed by atoms with Gasteiger partial charge in [0, 0.05) is 30.1 Å². The largest absolute Gasteiger partial charge is 0.323 e. The normalized spacial score (nSPS) is 14.5. The SMILES string of the molecule is CC[C@@H](C(=O)N1CCc2ccccc21)n1c2ccccc2c2cnn(C)c(=O)c21. The van der Waals surface area contributed by atoms with Crippen LogP contribution in [0.5, 0.6) is 0 Å². The van der Waals surface area contributed by atoms with Crippen LogP contribution in [0.2, 0.25) is 0 Å². The van der Waals surface area contributed by atoms with Crippen molar-refractivity contribution in [2.45, 2.75) is 25.8 Å². The van der Waals surface area contributed by atoms with E-state index in [4.69, 9.17) is 0 Å². The highest BCUT2D eigenvalue weighted by Crippen LogP contribution is 2.34. The summed E-state index contributed by atoms with van der Waals surface area (Å²) in [5.41, 5.74) is 3.41. The summed E-state index contributed by atoms with van der Waals surface area (Å²) >= 11 is 0. The lowest BCUT2D eigenvalue weighted by atomic mass is 10.1. The summed E-state index contributed by atoms with van der Waals surface area (Å²) in [6.07, 6.45) is 3.17. The number of anilines is 1. The van der Waals surface area contributed by atoms with E-state index in [9.17, 15) is 9.59 Å². The first-order valence-electron chi connectivity index (χ1n) is 9.96. The number of hydrogen-bond donors (Lipinski definition) is 0. The van der Waals surface area contributed by atoms with Crippen molar-refractivity contribution in [2.75, 3.05) is 11.4 Å². The molecule has 0 aliphatic carbocycles. The lowest BCUT2D eigenvalue weighted by Crippen LogP contribution is -2.37. The molecule has 0 saturated carbocycles. The molecule has 0 N–H and O–H groups in total. The molecular weight excluding hydrogens is 364 g/mol. The summed E-state index contributed by atoms with van der Waals surface area (Å²) in [5, 5.41) is 5.94. The van der Waals surface area contributed by atoms with Crippen LogP contribution in [-0.2, 0) is 18.3 Å². The minimum atomic E-state index is -0.460. The molecule has 2 aromatic carbocycles. The van der Waals surface area contributed by atoms with Gasteiger partial charge >= 0.3 is 0 Å². The first-order chi connectivity index (χ1) is 14.1. The molecule has 29 heavy (non-hydrogen) atoms. The standard InChI is InChI=1S/C23H22N4O2/c1-3-18(22(28)26-13-12-15-8-4-6-10-19(15)26)27-20-11-7-5-9-16(20)17-14-24-25(2)23(29)21(17)27/h4-11,14,18H,3,12-13H2,1-2H3/t18-/m0/s1. The van der Waals surface area contributed by atoms with E-state index in [0.717, 1.165) is 28.4 Å². The number of amides is 1. The summed E-state index contributed by atoms with van der Waals surface area (Å²) in [6, 6.07) is 15.4. The number of para-hydroxylation sites is 2. The maximum atomic E-state index is 13.7. The Morgan fingerprint density at radius 2 is 1.86 bits per heavy atom. The molecule has 3 heterocycles. The molecule has 1 aliphatic heterocycles. The zero-order valence-corrected chi connectivity index (χ0v) is 16.5. The molecule has 6 nitrogen and oxygen atoms in total. The lowest BCUT2D eigenvalue weighted by Gasteiger charge is -2.25. The second-order valence-electron chi connectivity index (χ2n) is 7.52. The number of fused-ring (bicyclic) bond motifs is 4. The fourth-order valence-corrected chi connectivity index (χ4v) is 4.53. The molecule has 1 aliphatic rings.